The van der Waals surface area contributed by atoms with Gasteiger partial charge in [0, 0.05) is 29.7 Å². The maximum atomic E-state index is 11.1. The Morgan fingerprint density at radius 2 is 2.16 bits per heavy atom. The first kappa shape index (κ1) is 12.0. The molecule has 0 aliphatic heterocycles. The number of nitrogens with zero attached hydrogens (tertiary/aromatic N) is 2. The topological polar surface area (TPSA) is 70.9 Å². The first-order valence-corrected chi connectivity index (χ1v) is 6.41. The van der Waals surface area contributed by atoms with Crippen molar-refractivity contribution >= 4 is 32.8 Å². The van der Waals surface area contributed by atoms with Crippen LogP contribution in [0.5, 0.6) is 0 Å². The first-order chi connectivity index (χ1) is 9.09. The van der Waals surface area contributed by atoms with Crippen LogP contribution in [0.15, 0.2) is 34.9 Å². The second-order valence-electron chi connectivity index (χ2n) is 4.19. The molecule has 96 valence electrons. The standard InChI is InChI=1S/C13H10BrN3O2/c1-17-12(10(14)11(16-17)13(18)19)8-6-15-9-5-3-2-4-7(8)9/h2-6,15H,1H3,(H,18,19). The molecular weight excluding hydrogens is 310 g/mol. The van der Waals surface area contributed by atoms with E-state index in [1.165, 1.54) is 0 Å². The summed E-state index contributed by atoms with van der Waals surface area (Å²) in [6.45, 7) is 0. The predicted molar refractivity (Wildman–Crippen MR) is 75.2 cm³/mol. The summed E-state index contributed by atoms with van der Waals surface area (Å²) in [6.07, 6.45) is 1.86. The van der Waals surface area contributed by atoms with E-state index in [1.54, 1.807) is 11.7 Å². The van der Waals surface area contributed by atoms with Gasteiger partial charge in [-0.05, 0) is 22.0 Å². The monoisotopic (exact) mass is 319 g/mol. The van der Waals surface area contributed by atoms with E-state index in [-0.39, 0.29) is 5.69 Å². The minimum atomic E-state index is -1.05. The van der Waals surface area contributed by atoms with Crippen LogP contribution in [-0.2, 0) is 7.05 Å². The van der Waals surface area contributed by atoms with Gasteiger partial charge in [0.25, 0.3) is 0 Å². The summed E-state index contributed by atoms with van der Waals surface area (Å²) in [7, 11) is 1.73. The van der Waals surface area contributed by atoms with Crippen LogP contribution in [0, 0.1) is 0 Å². The number of carboxylic acid groups (broad SMARTS) is 1. The third kappa shape index (κ3) is 1.76. The van der Waals surface area contributed by atoms with Crippen molar-refractivity contribution in [2.75, 3.05) is 0 Å². The average molecular weight is 320 g/mol. The van der Waals surface area contributed by atoms with Crippen molar-refractivity contribution in [3.8, 4) is 11.3 Å². The molecule has 3 aromatic rings. The number of aryl methyl sites for hydroxylation is 1. The van der Waals surface area contributed by atoms with Gasteiger partial charge in [0.2, 0.25) is 0 Å². The highest BCUT2D eigenvalue weighted by Gasteiger charge is 2.22. The second kappa shape index (κ2) is 4.24. The number of hydrogen-bond donors (Lipinski definition) is 2. The highest BCUT2D eigenvalue weighted by Crippen LogP contribution is 2.35. The molecule has 0 aliphatic carbocycles. The van der Waals surface area contributed by atoms with Crippen molar-refractivity contribution in [3.05, 3.63) is 40.6 Å². The number of para-hydroxylation sites is 1. The van der Waals surface area contributed by atoms with Crippen molar-refractivity contribution in [2.24, 2.45) is 7.05 Å². The Bertz CT molecular complexity index is 788. The molecule has 5 nitrogen and oxygen atoms in total. The number of carboxylic acids is 1. The summed E-state index contributed by atoms with van der Waals surface area (Å²) in [6, 6.07) is 7.86. The van der Waals surface area contributed by atoms with Gasteiger partial charge in [0.05, 0.1) is 10.2 Å². The molecule has 0 saturated carbocycles. The first-order valence-electron chi connectivity index (χ1n) is 5.62. The van der Waals surface area contributed by atoms with E-state index in [9.17, 15) is 4.79 Å². The zero-order valence-corrected chi connectivity index (χ0v) is 11.6. The normalized spacial score (nSPS) is 11.1. The Morgan fingerprint density at radius 3 is 2.84 bits per heavy atom. The summed E-state index contributed by atoms with van der Waals surface area (Å²) < 4.78 is 2.07. The predicted octanol–water partition coefficient (Wildman–Crippen LogP) is 3.03. The lowest BCUT2D eigenvalue weighted by atomic mass is 10.1. The number of nitrogens with one attached hydrogen (secondary N) is 1. The fourth-order valence-electron chi connectivity index (χ4n) is 2.19. The number of aromatic amines is 1. The third-order valence-electron chi connectivity index (χ3n) is 3.04. The Labute approximate surface area is 117 Å². The SMILES string of the molecule is Cn1nc(C(=O)O)c(Br)c1-c1c[nH]c2ccccc12. The van der Waals surface area contributed by atoms with Crippen molar-refractivity contribution in [1.29, 1.82) is 0 Å². The Kier molecular flexibility index (Phi) is 2.67. The number of rotatable bonds is 2. The largest absolute Gasteiger partial charge is 0.476 e. The van der Waals surface area contributed by atoms with Crippen LogP contribution in [0.25, 0.3) is 22.2 Å². The molecule has 6 heteroatoms. The van der Waals surface area contributed by atoms with E-state index in [1.807, 2.05) is 30.5 Å². The third-order valence-corrected chi connectivity index (χ3v) is 3.79. The van der Waals surface area contributed by atoms with Crippen molar-refractivity contribution in [2.45, 2.75) is 0 Å². The van der Waals surface area contributed by atoms with Gasteiger partial charge in [-0.1, -0.05) is 18.2 Å². The maximum Gasteiger partial charge on any atom is 0.357 e. The van der Waals surface area contributed by atoms with Crippen LogP contribution in [-0.4, -0.2) is 25.8 Å². The minimum absolute atomic E-state index is 0.0165. The molecule has 0 aliphatic rings. The number of aromatic nitrogens is 3. The van der Waals surface area contributed by atoms with Gasteiger partial charge in [0.1, 0.15) is 0 Å². The van der Waals surface area contributed by atoms with Gasteiger partial charge in [-0.15, -0.1) is 0 Å². The molecule has 0 unspecified atom stereocenters. The van der Waals surface area contributed by atoms with Gasteiger partial charge >= 0.3 is 5.97 Å². The van der Waals surface area contributed by atoms with E-state index < -0.39 is 5.97 Å². The molecule has 3 rings (SSSR count). The molecule has 2 aromatic heterocycles. The molecule has 0 saturated heterocycles. The van der Waals surface area contributed by atoms with E-state index in [0.717, 1.165) is 22.2 Å². The number of aromatic carboxylic acids is 1. The fraction of sp³-hybridized carbons (Fsp3) is 0.0769. The Balaban J connectivity index is 2.30. The van der Waals surface area contributed by atoms with E-state index in [0.29, 0.717) is 4.47 Å². The molecule has 0 atom stereocenters. The summed E-state index contributed by atoms with van der Waals surface area (Å²) in [4.78, 5) is 14.3. The minimum Gasteiger partial charge on any atom is -0.476 e. The van der Waals surface area contributed by atoms with Gasteiger partial charge in [-0.2, -0.15) is 5.10 Å². The molecule has 0 amide bonds. The molecule has 0 bridgehead atoms. The number of hydrogen-bond acceptors (Lipinski definition) is 2. The molecule has 19 heavy (non-hydrogen) atoms. The molecule has 0 fully saturated rings. The zero-order chi connectivity index (χ0) is 13.6. The summed E-state index contributed by atoms with van der Waals surface area (Å²) in [5, 5.41) is 14.2. The lowest BCUT2D eigenvalue weighted by Gasteiger charge is -2.01. The molecule has 2 N–H and O–H groups in total. The molecule has 0 radical (unpaired) electrons. The number of carbonyl (C=O) groups is 1. The number of halogens is 1. The molecule has 1 aromatic carbocycles. The zero-order valence-electron chi connectivity index (χ0n) is 10.0. The molecular formula is C13H10BrN3O2. The highest BCUT2D eigenvalue weighted by molar-refractivity contribution is 9.10. The smallest absolute Gasteiger partial charge is 0.357 e. The van der Waals surface area contributed by atoms with Crippen LogP contribution in [0.4, 0.5) is 0 Å². The van der Waals surface area contributed by atoms with E-state index in [4.69, 9.17) is 5.11 Å². The highest BCUT2D eigenvalue weighted by atomic mass is 79.9. The fourth-order valence-corrected chi connectivity index (χ4v) is 2.91. The summed E-state index contributed by atoms with van der Waals surface area (Å²) in [5.74, 6) is -1.05. The quantitative estimate of drug-likeness (QED) is 0.762. The maximum absolute atomic E-state index is 11.1. The Morgan fingerprint density at radius 1 is 1.42 bits per heavy atom. The lowest BCUT2D eigenvalue weighted by Crippen LogP contribution is -1.99. The van der Waals surface area contributed by atoms with Crippen LogP contribution in [0.1, 0.15) is 10.5 Å². The number of fused-ring (bicyclic) bond motifs is 1. The van der Waals surface area contributed by atoms with Crippen LogP contribution >= 0.6 is 15.9 Å². The van der Waals surface area contributed by atoms with Gasteiger partial charge in [-0.25, -0.2) is 4.79 Å². The van der Waals surface area contributed by atoms with Crippen molar-refractivity contribution in [3.63, 3.8) is 0 Å². The van der Waals surface area contributed by atoms with Gasteiger partial charge in [-0.3, -0.25) is 4.68 Å². The average Bonchev–Trinajstić information content (AvgIpc) is 2.91. The molecule has 0 spiro atoms. The Hall–Kier alpha value is -2.08. The van der Waals surface area contributed by atoms with Crippen LogP contribution < -0.4 is 0 Å². The van der Waals surface area contributed by atoms with E-state index in [2.05, 4.69) is 26.0 Å². The van der Waals surface area contributed by atoms with Crippen molar-refractivity contribution in [1.82, 2.24) is 14.8 Å². The van der Waals surface area contributed by atoms with Crippen LogP contribution in [0.2, 0.25) is 0 Å². The second-order valence-corrected chi connectivity index (χ2v) is 4.98. The van der Waals surface area contributed by atoms with Gasteiger partial charge < -0.3 is 10.1 Å². The molecule has 2 heterocycles. The van der Waals surface area contributed by atoms with Crippen LogP contribution in [0.3, 0.4) is 0 Å². The lowest BCUT2D eigenvalue weighted by molar-refractivity contribution is 0.0688. The van der Waals surface area contributed by atoms with Gasteiger partial charge in [0.15, 0.2) is 5.69 Å². The summed E-state index contributed by atoms with van der Waals surface area (Å²) >= 11 is 3.33. The number of benzene rings is 1. The number of H-pyrrole nitrogens is 1. The van der Waals surface area contributed by atoms with Crippen molar-refractivity contribution < 1.29 is 9.90 Å². The summed E-state index contributed by atoms with van der Waals surface area (Å²) in [5.41, 5.74) is 2.69. The van der Waals surface area contributed by atoms with E-state index >= 15 is 0 Å².